The fourth-order valence-corrected chi connectivity index (χ4v) is 2.19. The summed E-state index contributed by atoms with van der Waals surface area (Å²) in [6, 6.07) is 6.80. The smallest absolute Gasteiger partial charge is 0.123 e. The number of ether oxygens (including phenoxy) is 1. The first-order chi connectivity index (χ1) is 8.34. The molecule has 1 saturated heterocycles. The van der Waals surface area contributed by atoms with Gasteiger partial charge in [-0.3, -0.25) is 0 Å². The van der Waals surface area contributed by atoms with Crippen LogP contribution in [0.25, 0.3) is 0 Å². The topological polar surface area (TPSA) is 21.3 Å². The van der Waals surface area contributed by atoms with E-state index in [-0.39, 0.29) is 5.82 Å². The van der Waals surface area contributed by atoms with Crippen LogP contribution < -0.4 is 5.32 Å². The molecule has 1 fully saturated rings. The molecule has 3 heteroatoms. The maximum atomic E-state index is 12.9. The van der Waals surface area contributed by atoms with Crippen molar-refractivity contribution in [3.8, 4) is 0 Å². The first kappa shape index (κ1) is 12.5. The summed E-state index contributed by atoms with van der Waals surface area (Å²) in [7, 11) is 0. The average molecular weight is 237 g/mol. The molecule has 0 aromatic heterocycles. The number of hydrogen-bond acceptors (Lipinski definition) is 2. The van der Waals surface area contributed by atoms with Gasteiger partial charge in [-0.25, -0.2) is 4.39 Å². The summed E-state index contributed by atoms with van der Waals surface area (Å²) in [4.78, 5) is 0. The molecule has 1 aliphatic heterocycles. The van der Waals surface area contributed by atoms with Crippen molar-refractivity contribution in [2.75, 3.05) is 19.7 Å². The third-order valence-corrected chi connectivity index (χ3v) is 3.15. The van der Waals surface area contributed by atoms with E-state index in [1.54, 1.807) is 12.1 Å². The van der Waals surface area contributed by atoms with Crippen molar-refractivity contribution in [2.24, 2.45) is 0 Å². The van der Waals surface area contributed by atoms with E-state index in [0.717, 1.165) is 38.1 Å². The number of benzene rings is 1. The lowest BCUT2D eigenvalue weighted by Crippen LogP contribution is -2.22. The van der Waals surface area contributed by atoms with Gasteiger partial charge in [0.05, 0.1) is 6.10 Å². The first-order valence-electron chi connectivity index (χ1n) is 6.41. The second kappa shape index (κ2) is 6.72. The minimum atomic E-state index is -0.151. The Morgan fingerprint density at radius 2 is 2.29 bits per heavy atom. The van der Waals surface area contributed by atoms with Crippen molar-refractivity contribution in [1.82, 2.24) is 5.32 Å². The molecule has 2 rings (SSSR count). The predicted molar refractivity (Wildman–Crippen MR) is 66.6 cm³/mol. The Bertz CT molecular complexity index is 337. The van der Waals surface area contributed by atoms with E-state index in [4.69, 9.17) is 4.74 Å². The Hall–Kier alpha value is -0.930. The zero-order valence-corrected chi connectivity index (χ0v) is 10.1. The van der Waals surface area contributed by atoms with Gasteiger partial charge in [-0.15, -0.1) is 0 Å². The van der Waals surface area contributed by atoms with Gasteiger partial charge in [-0.05, 0) is 56.5 Å². The first-order valence-corrected chi connectivity index (χ1v) is 6.41. The zero-order chi connectivity index (χ0) is 11.9. The molecule has 0 spiro atoms. The van der Waals surface area contributed by atoms with Crippen LogP contribution in [0.1, 0.15) is 24.8 Å². The summed E-state index contributed by atoms with van der Waals surface area (Å²) in [6.45, 7) is 2.81. The van der Waals surface area contributed by atoms with Gasteiger partial charge in [-0.2, -0.15) is 0 Å². The van der Waals surface area contributed by atoms with E-state index in [0.29, 0.717) is 6.10 Å². The molecule has 94 valence electrons. The second-order valence-corrected chi connectivity index (χ2v) is 4.55. The molecule has 0 saturated carbocycles. The third-order valence-electron chi connectivity index (χ3n) is 3.15. The van der Waals surface area contributed by atoms with E-state index in [1.807, 2.05) is 6.07 Å². The summed E-state index contributed by atoms with van der Waals surface area (Å²) in [6.07, 6.45) is 4.82. The van der Waals surface area contributed by atoms with Gasteiger partial charge >= 0.3 is 0 Å². The van der Waals surface area contributed by atoms with E-state index in [1.165, 1.54) is 18.9 Å². The van der Waals surface area contributed by atoms with E-state index >= 15 is 0 Å². The lowest BCUT2D eigenvalue weighted by molar-refractivity contribution is 0.104. The summed E-state index contributed by atoms with van der Waals surface area (Å²) < 4.78 is 18.5. The summed E-state index contributed by atoms with van der Waals surface area (Å²) in [5.74, 6) is -0.151. The van der Waals surface area contributed by atoms with Gasteiger partial charge in [0.1, 0.15) is 5.82 Å². The molecule has 2 nitrogen and oxygen atoms in total. The molecule has 0 aliphatic carbocycles. The Morgan fingerprint density at radius 1 is 1.35 bits per heavy atom. The molecular formula is C14H20FNO. The molecule has 1 aliphatic rings. The number of halogens is 1. The van der Waals surface area contributed by atoms with E-state index in [9.17, 15) is 4.39 Å². The van der Waals surface area contributed by atoms with Crippen LogP contribution in [0.3, 0.4) is 0 Å². The SMILES string of the molecule is Fc1cccc(CCNCCC2CCCO2)c1. The molecular weight excluding hydrogens is 217 g/mol. The van der Waals surface area contributed by atoms with Crippen LogP contribution in [0, 0.1) is 5.82 Å². The van der Waals surface area contributed by atoms with Gasteiger partial charge in [-0.1, -0.05) is 12.1 Å². The monoisotopic (exact) mass is 237 g/mol. The Labute approximate surface area is 102 Å². The Balaban J connectivity index is 1.56. The van der Waals surface area contributed by atoms with Crippen LogP contribution >= 0.6 is 0 Å². The van der Waals surface area contributed by atoms with Crippen LogP contribution in [0.2, 0.25) is 0 Å². The molecule has 1 unspecified atom stereocenters. The molecule has 1 atom stereocenters. The molecule has 0 amide bonds. The highest BCUT2D eigenvalue weighted by atomic mass is 19.1. The minimum absolute atomic E-state index is 0.151. The molecule has 1 aromatic carbocycles. The summed E-state index contributed by atoms with van der Waals surface area (Å²) in [5.41, 5.74) is 1.05. The quantitative estimate of drug-likeness (QED) is 0.768. The van der Waals surface area contributed by atoms with Crippen LogP contribution in [-0.4, -0.2) is 25.8 Å². The van der Waals surface area contributed by atoms with Gasteiger partial charge in [0, 0.05) is 6.61 Å². The van der Waals surface area contributed by atoms with E-state index < -0.39 is 0 Å². The van der Waals surface area contributed by atoms with Gasteiger partial charge in [0.25, 0.3) is 0 Å². The van der Waals surface area contributed by atoms with Crippen LogP contribution in [0.15, 0.2) is 24.3 Å². The highest BCUT2D eigenvalue weighted by molar-refractivity contribution is 5.16. The van der Waals surface area contributed by atoms with Gasteiger partial charge in [0.15, 0.2) is 0 Å². The second-order valence-electron chi connectivity index (χ2n) is 4.55. The highest BCUT2D eigenvalue weighted by Gasteiger charge is 2.14. The van der Waals surface area contributed by atoms with Crippen LogP contribution in [-0.2, 0) is 11.2 Å². The van der Waals surface area contributed by atoms with Gasteiger partial charge < -0.3 is 10.1 Å². The van der Waals surface area contributed by atoms with Crippen molar-refractivity contribution in [1.29, 1.82) is 0 Å². The Morgan fingerprint density at radius 3 is 3.06 bits per heavy atom. The molecule has 1 N–H and O–H groups in total. The highest BCUT2D eigenvalue weighted by Crippen LogP contribution is 2.14. The van der Waals surface area contributed by atoms with Crippen molar-refractivity contribution in [3.63, 3.8) is 0 Å². The molecule has 17 heavy (non-hydrogen) atoms. The summed E-state index contributed by atoms with van der Waals surface area (Å²) in [5, 5.41) is 3.38. The van der Waals surface area contributed by atoms with Crippen molar-refractivity contribution in [2.45, 2.75) is 31.8 Å². The molecule has 0 bridgehead atoms. The minimum Gasteiger partial charge on any atom is -0.378 e. The summed E-state index contributed by atoms with van der Waals surface area (Å²) >= 11 is 0. The van der Waals surface area contributed by atoms with Crippen LogP contribution in [0.5, 0.6) is 0 Å². The van der Waals surface area contributed by atoms with Crippen molar-refractivity contribution < 1.29 is 9.13 Å². The predicted octanol–water partition coefficient (Wildman–Crippen LogP) is 2.53. The lowest BCUT2D eigenvalue weighted by atomic mass is 10.1. The number of rotatable bonds is 6. The molecule has 0 radical (unpaired) electrons. The van der Waals surface area contributed by atoms with Gasteiger partial charge in [0.2, 0.25) is 0 Å². The maximum Gasteiger partial charge on any atom is 0.123 e. The Kier molecular flexibility index (Phi) is 4.95. The normalized spacial score (nSPS) is 19.7. The number of nitrogens with one attached hydrogen (secondary N) is 1. The fraction of sp³-hybridized carbons (Fsp3) is 0.571. The standard InChI is InChI=1S/C14H20FNO/c15-13-4-1-3-12(11-13)6-8-16-9-7-14-5-2-10-17-14/h1,3-4,11,14,16H,2,5-10H2. The number of hydrogen-bond donors (Lipinski definition) is 1. The maximum absolute atomic E-state index is 12.9. The zero-order valence-electron chi connectivity index (χ0n) is 10.1. The third kappa shape index (κ3) is 4.44. The molecule has 1 heterocycles. The largest absolute Gasteiger partial charge is 0.378 e. The van der Waals surface area contributed by atoms with Crippen LogP contribution in [0.4, 0.5) is 4.39 Å². The fourth-order valence-electron chi connectivity index (χ4n) is 2.19. The van der Waals surface area contributed by atoms with Crippen molar-refractivity contribution >= 4 is 0 Å². The van der Waals surface area contributed by atoms with Crippen molar-refractivity contribution in [3.05, 3.63) is 35.6 Å². The lowest BCUT2D eigenvalue weighted by Gasteiger charge is -2.09. The van der Waals surface area contributed by atoms with E-state index in [2.05, 4.69) is 5.32 Å². The molecule has 1 aromatic rings. The average Bonchev–Trinajstić information content (AvgIpc) is 2.82.